The molecule has 0 unspecified atom stereocenters. The lowest BCUT2D eigenvalue weighted by Gasteiger charge is -1.96. The van der Waals surface area contributed by atoms with Crippen LogP contribution < -0.4 is 4.13 Å². The molecule has 62 valence electrons. The number of hydrogen-bond acceptors (Lipinski definition) is 5. The molecular weight excluding hydrogens is 182 g/mol. The van der Waals surface area contributed by atoms with Crippen molar-refractivity contribution in [3.8, 4) is 0 Å². The van der Waals surface area contributed by atoms with Crippen LogP contribution in [0.15, 0.2) is 0 Å². The fourth-order valence-electron chi connectivity index (χ4n) is 0.273. The molecule has 0 rings (SSSR count). The fourth-order valence-corrected chi connectivity index (χ4v) is 1.52. The second-order valence-corrected chi connectivity index (χ2v) is 3.60. The van der Waals surface area contributed by atoms with Gasteiger partial charge in [0.15, 0.2) is 0 Å². The molecule has 0 aliphatic heterocycles. The highest BCUT2D eigenvalue weighted by Gasteiger charge is 2.08. The van der Waals surface area contributed by atoms with Crippen molar-refractivity contribution in [2.75, 3.05) is 6.61 Å². The highest BCUT2D eigenvalue weighted by atomic mass is 32.3. The third-order valence-electron chi connectivity index (χ3n) is 0.459. The van der Waals surface area contributed by atoms with Gasteiger partial charge in [-0.2, -0.15) is 8.42 Å². The predicted molar refractivity (Wildman–Crippen MR) is 34.0 cm³/mol. The van der Waals surface area contributed by atoms with Crippen molar-refractivity contribution in [2.45, 2.75) is 6.92 Å². The Morgan fingerprint density at radius 1 is 1.50 bits per heavy atom. The lowest BCUT2D eigenvalue weighted by atomic mass is 10.9. The van der Waals surface area contributed by atoms with Crippen LogP contribution >= 0.6 is 0 Å². The Morgan fingerprint density at radius 3 is 2.30 bits per heavy atom. The van der Waals surface area contributed by atoms with Gasteiger partial charge in [0, 0.05) is 0 Å². The van der Waals surface area contributed by atoms with Crippen LogP contribution in [0.5, 0.6) is 0 Å². The first-order valence-corrected chi connectivity index (χ1v) is 4.87. The Bertz CT molecular complexity index is 243. The summed E-state index contributed by atoms with van der Waals surface area (Å²) in [5, 5.41) is 0. The number of thiol groups is 1. The smallest absolute Gasteiger partial charge is 0.258 e. The summed E-state index contributed by atoms with van der Waals surface area (Å²) in [7, 11) is -7.24. The van der Waals surface area contributed by atoms with Crippen LogP contribution in [0, 0.1) is 0 Å². The molecule has 0 amide bonds. The summed E-state index contributed by atoms with van der Waals surface area (Å²) in [6.07, 6.45) is 0. The molecule has 0 spiro atoms. The number of hydrogen-bond donors (Lipinski definition) is 2. The lowest BCUT2D eigenvalue weighted by molar-refractivity contribution is 0.336. The van der Waals surface area contributed by atoms with Gasteiger partial charge in [-0.1, -0.05) is 4.13 Å². The highest BCUT2D eigenvalue weighted by Crippen LogP contribution is 1.84. The van der Waals surface area contributed by atoms with Crippen molar-refractivity contribution in [1.29, 1.82) is 0 Å². The van der Waals surface area contributed by atoms with Crippen molar-refractivity contribution in [2.24, 2.45) is 0 Å². The molecule has 0 bridgehead atoms. The van der Waals surface area contributed by atoms with E-state index >= 15 is 0 Å². The predicted octanol–water partition coefficient (Wildman–Crippen LogP) is -1.62. The molecule has 0 saturated heterocycles. The molecule has 10 heavy (non-hydrogen) atoms. The van der Waals surface area contributed by atoms with E-state index < -0.39 is 21.2 Å². The Balaban J connectivity index is 4.15. The average molecular weight is 189 g/mol. The van der Waals surface area contributed by atoms with Gasteiger partial charge in [0.1, 0.15) is 0 Å². The van der Waals surface area contributed by atoms with Crippen LogP contribution in [-0.2, 0) is 25.4 Å². The summed E-state index contributed by atoms with van der Waals surface area (Å²) in [6.45, 7) is 1.33. The molecule has 1 N–H and O–H groups in total. The average Bonchev–Trinajstić information content (AvgIpc) is 1.59. The first kappa shape index (κ1) is 9.82. The van der Waals surface area contributed by atoms with Gasteiger partial charge in [-0.05, 0) is 6.92 Å². The van der Waals surface area contributed by atoms with Crippen molar-refractivity contribution in [3.63, 3.8) is 0 Å². The molecule has 8 heteroatoms. The zero-order valence-electron chi connectivity index (χ0n) is 5.10. The summed E-state index contributed by atoms with van der Waals surface area (Å²) in [4.78, 5) is 0. The minimum absolute atomic E-state index is 0.0987. The fraction of sp³-hybridized carbons (Fsp3) is 1.00. The van der Waals surface area contributed by atoms with E-state index in [1.807, 2.05) is 0 Å². The zero-order chi connectivity index (χ0) is 8.20. The SMILES string of the molecule is CCOS(=O)(=O)N[SH](=O)=O. The van der Waals surface area contributed by atoms with E-state index in [2.05, 4.69) is 4.18 Å². The van der Waals surface area contributed by atoms with E-state index in [4.69, 9.17) is 0 Å². The van der Waals surface area contributed by atoms with Gasteiger partial charge in [-0.15, -0.1) is 0 Å². The van der Waals surface area contributed by atoms with E-state index in [0.29, 0.717) is 0 Å². The molecule has 0 aliphatic carbocycles. The van der Waals surface area contributed by atoms with Gasteiger partial charge in [0.25, 0.3) is 0 Å². The quantitative estimate of drug-likeness (QED) is 0.519. The van der Waals surface area contributed by atoms with Crippen LogP contribution in [0.4, 0.5) is 0 Å². The lowest BCUT2D eigenvalue weighted by Crippen LogP contribution is -2.23. The first-order valence-electron chi connectivity index (χ1n) is 2.29. The second kappa shape index (κ2) is 3.86. The second-order valence-electron chi connectivity index (χ2n) is 1.21. The van der Waals surface area contributed by atoms with E-state index in [0.717, 1.165) is 0 Å². The number of rotatable bonds is 4. The van der Waals surface area contributed by atoms with E-state index in [9.17, 15) is 16.8 Å². The van der Waals surface area contributed by atoms with E-state index in [1.165, 1.54) is 11.1 Å². The van der Waals surface area contributed by atoms with Gasteiger partial charge in [-0.25, -0.2) is 8.42 Å². The minimum atomic E-state index is -4.08. The van der Waals surface area contributed by atoms with Crippen LogP contribution in [-0.4, -0.2) is 23.4 Å². The largest absolute Gasteiger partial charge is 0.348 e. The Labute approximate surface area is 60.5 Å². The van der Waals surface area contributed by atoms with Crippen LogP contribution in [0.2, 0.25) is 0 Å². The molecule has 0 aromatic carbocycles. The van der Waals surface area contributed by atoms with Gasteiger partial charge in [0.2, 0.25) is 10.9 Å². The summed E-state index contributed by atoms with van der Waals surface area (Å²) < 4.78 is 45.4. The van der Waals surface area contributed by atoms with Crippen LogP contribution in [0.25, 0.3) is 0 Å². The summed E-state index contributed by atoms with van der Waals surface area (Å²) in [5.41, 5.74) is 0. The van der Waals surface area contributed by atoms with Crippen LogP contribution in [0.1, 0.15) is 6.92 Å². The third kappa shape index (κ3) is 4.68. The molecule has 0 atom stereocenters. The summed E-state index contributed by atoms with van der Waals surface area (Å²) >= 11 is 0. The molecule has 6 nitrogen and oxygen atoms in total. The van der Waals surface area contributed by atoms with Gasteiger partial charge < -0.3 is 0 Å². The Kier molecular flexibility index (Phi) is 3.79. The molecule has 0 heterocycles. The van der Waals surface area contributed by atoms with Gasteiger partial charge in [0.05, 0.1) is 6.61 Å². The third-order valence-corrected chi connectivity index (χ3v) is 2.50. The first-order chi connectivity index (χ1) is 4.48. The van der Waals surface area contributed by atoms with Crippen LogP contribution in [0.3, 0.4) is 0 Å². The maximum Gasteiger partial charge on any atom is 0.348 e. The molecule has 0 aromatic heterocycles. The molecule has 0 radical (unpaired) electrons. The standard InChI is InChI=1S/C2H7NO5S2/c1-2-8-10(6,7)3-9(4)5/h9H,2H2,1H3,(H,3,4,5). The monoisotopic (exact) mass is 189 g/mol. The molecular formula is C2H7NO5S2. The minimum Gasteiger partial charge on any atom is -0.258 e. The topological polar surface area (TPSA) is 89.5 Å². The van der Waals surface area contributed by atoms with Crippen molar-refractivity contribution in [1.82, 2.24) is 4.13 Å². The molecule has 0 aromatic rings. The zero-order valence-corrected chi connectivity index (χ0v) is 6.81. The van der Waals surface area contributed by atoms with E-state index in [-0.39, 0.29) is 6.61 Å². The Morgan fingerprint density at radius 2 is 2.00 bits per heavy atom. The van der Waals surface area contributed by atoms with Gasteiger partial charge >= 0.3 is 10.3 Å². The maximum atomic E-state index is 10.3. The van der Waals surface area contributed by atoms with Gasteiger partial charge in [-0.3, -0.25) is 4.18 Å². The summed E-state index contributed by atoms with van der Waals surface area (Å²) in [5.74, 6) is 0. The van der Waals surface area contributed by atoms with Crippen molar-refractivity contribution >= 4 is 21.2 Å². The normalized spacial score (nSPS) is 12.2. The molecule has 0 fully saturated rings. The maximum absolute atomic E-state index is 10.3. The van der Waals surface area contributed by atoms with Crippen molar-refractivity contribution < 1.29 is 21.0 Å². The number of nitrogens with one attached hydrogen (secondary N) is 1. The Hall–Kier alpha value is -0.180. The van der Waals surface area contributed by atoms with E-state index in [1.54, 1.807) is 0 Å². The highest BCUT2D eigenvalue weighted by molar-refractivity contribution is 7.94. The summed E-state index contributed by atoms with van der Waals surface area (Å²) in [6, 6.07) is 0. The molecule has 0 saturated carbocycles. The van der Waals surface area contributed by atoms with Crippen molar-refractivity contribution in [3.05, 3.63) is 0 Å². The molecule has 0 aliphatic rings.